The molecule has 29 heavy (non-hydrogen) atoms. The highest BCUT2D eigenvalue weighted by Crippen LogP contribution is 2.30. The molecule has 3 N–H and O–H groups in total. The predicted octanol–water partition coefficient (Wildman–Crippen LogP) is 3.00. The van der Waals surface area contributed by atoms with E-state index in [1.807, 2.05) is 13.8 Å². The van der Waals surface area contributed by atoms with Gasteiger partial charge in [-0.3, -0.25) is 19.3 Å². The van der Waals surface area contributed by atoms with Crippen LogP contribution in [-0.2, 0) is 14.4 Å². The first-order valence-corrected chi connectivity index (χ1v) is 9.91. The fourth-order valence-corrected chi connectivity index (χ4v) is 3.44. The van der Waals surface area contributed by atoms with Gasteiger partial charge in [0.1, 0.15) is 11.9 Å². The van der Waals surface area contributed by atoms with E-state index in [2.05, 4.69) is 10.3 Å². The van der Waals surface area contributed by atoms with Crippen LogP contribution in [0.2, 0.25) is 0 Å². The molecular formula is C20H23FN4O3S. The molecule has 2 atom stereocenters. The van der Waals surface area contributed by atoms with Crippen molar-refractivity contribution >= 4 is 46.0 Å². The number of rotatable bonds is 8. The standard InChI is InChI=1S/C20H23FN4O3S/c1-4-12(2)18(19(22)28)24-17(27)10-9-14-11-29-20(23-14)25(13(3)26)16-8-6-5-7-15(16)21/h5-12,18H,4H2,1-3H3,(H2,22,28)(H,24,27). The van der Waals surface area contributed by atoms with Crippen LogP contribution in [0.5, 0.6) is 0 Å². The van der Waals surface area contributed by atoms with Gasteiger partial charge in [0.25, 0.3) is 0 Å². The minimum atomic E-state index is -0.766. The lowest BCUT2D eigenvalue weighted by Gasteiger charge is -2.20. The quantitative estimate of drug-likeness (QED) is 0.643. The molecule has 0 saturated heterocycles. The fourth-order valence-electron chi connectivity index (χ4n) is 2.59. The summed E-state index contributed by atoms with van der Waals surface area (Å²) in [4.78, 5) is 41.1. The first kappa shape index (κ1) is 22.2. The fraction of sp³-hybridized carbons (Fsp3) is 0.300. The summed E-state index contributed by atoms with van der Waals surface area (Å²) in [5, 5.41) is 4.49. The Balaban J connectivity index is 2.16. The van der Waals surface area contributed by atoms with Crippen molar-refractivity contribution in [2.75, 3.05) is 4.90 Å². The third-order valence-electron chi connectivity index (χ3n) is 4.33. The van der Waals surface area contributed by atoms with Crippen LogP contribution in [0.15, 0.2) is 35.7 Å². The van der Waals surface area contributed by atoms with Gasteiger partial charge in [-0.2, -0.15) is 0 Å². The molecule has 3 amide bonds. The number of halogens is 1. The molecule has 0 aliphatic carbocycles. The second kappa shape index (κ2) is 9.92. The van der Waals surface area contributed by atoms with E-state index in [0.29, 0.717) is 12.1 Å². The molecule has 7 nitrogen and oxygen atoms in total. The van der Waals surface area contributed by atoms with E-state index in [-0.39, 0.29) is 16.7 Å². The Morgan fingerprint density at radius 2 is 2.03 bits per heavy atom. The summed E-state index contributed by atoms with van der Waals surface area (Å²) in [7, 11) is 0. The van der Waals surface area contributed by atoms with Gasteiger partial charge in [0, 0.05) is 18.4 Å². The summed E-state index contributed by atoms with van der Waals surface area (Å²) in [5.74, 6) is -2.12. The number of anilines is 2. The zero-order valence-electron chi connectivity index (χ0n) is 16.4. The number of nitrogens with zero attached hydrogens (tertiary/aromatic N) is 2. The third kappa shape index (κ3) is 5.71. The Bertz CT molecular complexity index is 928. The van der Waals surface area contributed by atoms with Gasteiger partial charge in [-0.05, 0) is 24.1 Å². The monoisotopic (exact) mass is 418 g/mol. The molecule has 154 valence electrons. The molecule has 9 heteroatoms. The maximum atomic E-state index is 14.1. The first-order chi connectivity index (χ1) is 13.7. The van der Waals surface area contributed by atoms with E-state index in [0.717, 1.165) is 11.3 Å². The average molecular weight is 418 g/mol. The van der Waals surface area contributed by atoms with E-state index in [1.165, 1.54) is 42.2 Å². The lowest BCUT2D eigenvalue weighted by molar-refractivity contribution is -0.126. The number of hydrogen-bond acceptors (Lipinski definition) is 5. The van der Waals surface area contributed by atoms with Crippen molar-refractivity contribution in [2.45, 2.75) is 33.2 Å². The van der Waals surface area contributed by atoms with Gasteiger partial charge in [0.05, 0.1) is 11.4 Å². The van der Waals surface area contributed by atoms with Crippen molar-refractivity contribution in [2.24, 2.45) is 11.7 Å². The highest BCUT2D eigenvalue weighted by molar-refractivity contribution is 7.14. The number of carbonyl (C=O) groups is 3. The van der Waals surface area contributed by atoms with Crippen molar-refractivity contribution in [1.29, 1.82) is 0 Å². The normalized spacial score (nSPS) is 13.1. The Hall–Kier alpha value is -3.07. The SMILES string of the molecule is CCC(C)C(NC(=O)C=Cc1csc(N(C(C)=O)c2ccccc2F)n1)C(N)=O. The van der Waals surface area contributed by atoms with Crippen molar-refractivity contribution in [3.8, 4) is 0 Å². The number of nitrogens with one attached hydrogen (secondary N) is 1. The molecule has 0 aliphatic rings. The smallest absolute Gasteiger partial charge is 0.244 e. The number of hydrogen-bond donors (Lipinski definition) is 2. The molecule has 0 saturated carbocycles. The maximum Gasteiger partial charge on any atom is 0.244 e. The molecule has 0 fully saturated rings. The van der Waals surface area contributed by atoms with E-state index in [9.17, 15) is 18.8 Å². The zero-order valence-corrected chi connectivity index (χ0v) is 17.2. The third-order valence-corrected chi connectivity index (χ3v) is 5.18. The van der Waals surface area contributed by atoms with Crippen LogP contribution in [0.3, 0.4) is 0 Å². The number of amides is 3. The summed E-state index contributed by atoms with van der Waals surface area (Å²) >= 11 is 1.14. The Morgan fingerprint density at radius 3 is 2.62 bits per heavy atom. The first-order valence-electron chi connectivity index (χ1n) is 9.03. The van der Waals surface area contributed by atoms with Gasteiger partial charge in [0.15, 0.2) is 5.13 Å². The highest BCUT2D eigenvalue weighted by Gasteiger charge is 2.23. The highest BCUT2D eigenvalue weighted by atomic mass is 32.1. The van der Waals surface area contributed by atoms with Gasteiger partial charge < -0.3 is 11.1 Å². The molecule has 1 heterocycles. The molecule has 2 rings (SSSR count). The van der Waals surface area contributed by atoms with Gasteiger partial charge in [-0.1, -0.05) is 32.4 Å². The summed E-state index contributed by atoms with van der Waals surface area (Å²) < 4.78 is 14.1. The molecule has 0 aliphatic heterocycles. The largest absolute Gasteiger partial charge is 0.368 e. The Morgan fingerprint density at radius 1 is 1.34 bits per heavy atom. The van der Waals surface area contributed by atoms with Crippen LogP contribution >= 0.6 is 11.3 Å². The van der Waals surface area contributed by atoms with Gasteiger partial charge in [-0.15, -0.1) is 11.3 Å². The lowest BCUT2D eigenvalue weighted by atomic mass is 9.98. The van der Waals surface area contributed by atoms with Crippen LogP contribution in [-0.4, -0.2) is 28.7 Å². The minimum absolute atomic E-state index is 0.0966. The number of thiazole rings is 1. The molecule has 1 aromatic carbocycles. The summed E-state index contributed by atoms with van der Waals surface area (Å²) in [6.07, 6.45) is 3.37. The van der Waals surface area contributed by atoms with E-state index in [4.69, 9.17) is 5.73 Å². The van der Waals surface area contributed by atoms with Crippen molar-refractivity contribution < 1.29 is 18.8 Å². The zero-order chi connectivity index (χ0) is 21.6. The molecule has 2 unspecified atom stereocenters. The van der Waals surface area contributed by atoms with E-state index in [1.54, 1.807) is 11.4 Å². The van der Waals surface area contributed by atoms with E-state index >= 15 is 0 Å². The summed E-state index contributed by atoms with van der Waals surface area (Å²) in [6, 6.07) is 5.14. The second-order valence-corrected chi connectivity index (χ2v) is 7.30. The number of benzene rings is 1. The predicted molar refractivity (Wildman–Crippen MR) is 111 cm³/mol. The Kier molecular flexibility index (Phi) is 7.60. The van der Waals surface area contributed by atoms with Crippen LogP contribution in [0.1, 0.15) is 32.9 Å². The molecule has 0 bridgehead atoms. The Labute approximate surface area is 172 Å². The lowest BCUT2D eigenvalue weighted by Crippen LogP contribution is -2.47. The van der Waals surface area contributed by atoms with Crippen LogP contribution in [0.25, 0.3) is 6.08 Å². The van der Waals surface area contributed by atoms with Crippen LogP contribution < -0.4 is 16.0 Å². The van der Waals surface area contributed by atoms with Crippen molar-refractivity contribution in [3.63, 3.8) is 0 Å². The topological polar surface area (TPSA) is 105 Å². The van der Waals surface area contributed by atoms with Gasteiger partial charge in [0.2, 0.25) is 17.7 Å². The summed E-state index contributed by atoms with van der Waals surface area (Å²) in [6.45, 7) is 5.04. The maximum absolute atomic E-state index is 14.1. The van der Waals surface area contributed by atoms with Crippen LogP contribution in [0, 0.1) is 11.7 Å². The molecule has 0 spiro atoms. The second-order valence-electron chi connectivity index (χ2n) is 6.47. The van der Waals surface area contributed by atoms with Gasteiger partial charge in [-0.25, -0.2) is 9.37 Å². The number of primary amides is 1. The molecule has 0 radical (unpaired) electrons. The van der Waals surface area contributed by atoms with Crippen LogP contribution in [0.4, 0.5) is 15.2 Å². The molecule has 1 aromatic heterocycles. The molecule has 2 aromatic rings. The number of nitrogens with two attached hydrogens (primary N) is 1. The van der Waals surface area contributed by atoms with Crippen molar-refractivity contribution in [1.82, 2.24) is 10.3 Å². The van der Waals surface area contributed by atoms with Crippen molar-refractivity contribution in [3.05, 3.63) is 47.2 Å². The average Bonchev–Trinajstić information content (AvgIpc) is 3.13. The van der Waals surface area contributed by atoms with E-state index < -0.39 is 29.6 Å². The number of carbonyl (C=O) groups excluding carboxylic acids is 3. The number of aromatic nitrogens is 1. The minimum Gasteiger partial charge on any atom is -0.368 e. The van der Waals surface area contributed by atoms with Gasteiger partial charge >= 0.3 is 0 Å². The number of para-hydroxylation sites is 1. The molecular weight excluding hydrogens is 395 g/mol. The summed E-state index contributed by atoms with van der Waals surface area (Å²) in [5.41, 5.74) is 5.86.